The van der Waals surface area contributed by atoms with Crippen LogP contribution in [0.2, 0.25) is 0 Å². The van der Waals surface area contributed by atoms with Crippen LogP contribution in [0.15, 0.2) is 42.5 Å². The number of rotatable bonds is 2. The molecule has 6 nitrogen and oxygen atoms in total. The number of likely N-dealkylation sites (tertiary alicyclic amines) is 1. The van der Waals surface area contributed by atoms with E-state index in [0.29, 0.717) is 42.9 Å². The normalized spacial score (nSPS) is 23.2. The van der Waals surface area contributed by atoms with Gasteiger partial charge in [-0.2, -0.15) is 0 Å². The molecule has 1 fully saturated rings. The molecule has 2 unspecified atom stereocenters. The van der Waals surface area contributed by atoms with Crippen LogP contribution in [0, 0.1) is 6.92 Å². The number of ether oxygens (including phenoxy) is 1. The van der Waals surface area contributed by atoms with Crippen molar-refractivity contribution in [2.24, 2.45) is 0 Å². The summed E-state index contributed by atoms with van der Waals surface area (Å²) in [5.74, 6) is 0.426. The molecule has 28 heavy (non-hydrogen) atoms. The standard InChI is InChI=1S/C22H24N2O4/c1-14-7-8-16(11-18(14)23-15(2)25)21(27)24-10-9-22(13-24)12-19(26)17-5-3-4-6-20(17)28-22/h3-8,11,19,26H,9-10,12-13H2,1-2H3,(H,23,25). The van der Waals surface area contributed by atoms with Crippen molar-refractivity contribution in [3.63, 3.8) is 0 Å². The molecule has 2 heterocycles. The number of hydrogen-bond acceptors (Lipinski definition) is 4. The summed E-state index contributed by atoms with van der Waals surface area (Å²) in [5, 5.41) is 13.3. The van der Waals surface area contributed by atoms with Gasteiger partial charge in [0.05, 0.1) is 12.6 Å². The number of carbonyl (C=O) groups is 2. The van der Waals surface area contributed by atoms with Gasteiger partial charge in [-0.25, -0.2) is 0 Å². The lowest BCUT2D eigenvalue weighted by atomic mass is 9.88. The highest BCUT2D eigenvalue weighted by Gasteiger charge is 2.46. The predicted molar refractivity (Wildman–Crippen MR) is 105 cm³/mol. The first-order valence-electron chi connectivity index (χ1n) is 9.50. The van der Waals surface area contributed by atoms with Crippen molar-refractivity contribution < 1.29 is 19.4 Å². The molecular formula is C22H24N2O4. The van der Waals surface area contributed by atoms with Gasteiger partial charge in [0.1, 0.15) is 11.4 Å². The quantitative estimate of drug-likeness (QED) is 0.839. The van der Waals surface area contributed by atoms with Crippen molar-refractivity contribution in [1.82, 2.24) is 4.90 Å². The molecule has 0 saturated carbocycles. The van der Waals surface area contributed by atoms with Crippen LogP contribution in [0.25, 0.3) is 0 Å². The lowest BCUT2D eigenvalue weighted by Gasteiger charge is -2.38. The number of amides is 2. The minimum atomic E-state index is -0.592. The molecule has 1 saturated heterocycles. The fraction of sp³-hybridized carbons (Fsp3) is 0.364. The molecule has 4 rings (SSSR count). The van der Waals surface area contributed by atoms with Crippen LogP contribution >= 0.6 is 0 Å². The zero-order valence-electron chi connectivity index (χ0n) is 16.1. The molecule has 6 heteroatoms. The smallest absolute Gasteiger partial charge is 0.254 e. The summed E-state index contributed by atoms with van der Waals surface area (Å²) in [6.07, 6.45) is 0.554. The summed E-state index contributed by atoms with van der Waals surface area (Å²) in [7, 11) is 0. The SMILES string of the molecule is CC(=O)Nc1cc(C(=O)N2CCC3(CC(O)c4ccccc4O3)C2)ccc1C. The Kier molecular flexibility index (Phi) is 4.59. The first-order chi connectivity index (χ1) is 13.4. The number of fused-ring (bicyclic) bond motifs is 1. The molecule has 2 aliphatic rings. The number of aliphatic hydroxyl groups is 1. The molecular weight excluding hydrogens is 356 g/mol. The van der Waals surface area contributed by atoms with Gasteiger partial charge in [-0.1, -0.05) is 24.3 Å². The molecule has 0 bridgehead atoms. The van der Waals surface area contributed by atoms with E-state index in [1.54, 1.807) is 17.0 Å². The van der Waals surface area contributed by atoms with E-state index in [1.165, 1.54) is 6.92 Å². The van der Waals surface area contributed by atoms with Crippen LogP contribution in [0.3, 0.4) is 0 Å². The second kappa shape index (κ2) is 6.95. The van der Waals surface area contributed by atoms with E-state index in [2.05, 4.69) is 5.32 Å². The molecule has 2 aromatic carbocycles. The van der Waals surface area contributed by atoms with E-state index in [4.69, 9.17) is 4.74 Å². The fourth-order valence-corrected chi connectivity index (χ4v) is 4.12. The molecule has 2 atom stereocenters. The van der Waals surface area contributed by atoms with Gasteiger partial charge in [-0.15, -0.1) is 0 Å². The van der Waals surface area contributed by atoms with Gasteiger partial charge in [0.25, 0.3) is 5.91 Å². The Balaban J connectivity index is 1.53. The Bertz CT molecular complexity index is 942. The summed E-state index contributed by atoms with van der Waals surface area (Å²) < 4.78 is 6.25. The summed E-state index contributed by atoms with van der Waals surface area (Å²) in [5.41, 5.74) is 2.32. The minimum Gasteiger partial charge on any atom is -0.485 e. The van der Waals surface area contributed by atoms with Crippen molar-refractivity contribution in [3.8, 4) is 5.75 Å². The van der Waals surface area contributed by atoms with Crippen molar-refractivity contribution in [2.75, 3.05) is 18.4 Å². The van der Waals surface area contributed by atoms with E-state index in [1.807, 2.05) is 37.3 Å². The van der Waals surface area contributed by atoms with Gasteiger partial charge in [0.15, 0.2) is 0 Å². The van der Waals surface area contributed by atoms with Crippen molar-refractivity contribution in [1.29, 1.82) is 0 Å². The Hall–Kier alpha value is -2.86. The van der Waals surface area contributed by atoms with Crippen molar-refractivity contribution >= 4 is 17.5 Å². The van der Waals surface area contributed by atoms with Gasteiger partial charge in [-0.3, -0.25) is 9.59 Å². The number of para-hydroxylation sites is 1. The fourth-order valence-electron chi connectivity index (χ4n) is 4.12. The monoisotopic (exact) mass is 380 g/mol. The van der Waals surface area contributed by atoms with Crippen LogP contribution in [0.1, 0.15) is 47.4 Å². The molecule has 1 spiro atoms. The Labute approximate surface area is 164 Å². The second-order valence-electron chi connectivity index (χ2n) is 7.73. The van der Waals surface area contributed by atoms with E-state index >= 15 is 0 Å². The van der Waals surface area contributed by atoms with Crippen LogP contribution in [-0.4, -0.2) is 40.5 Å². The second-order valence-corrected chi connectivity index (χ2v) is 7.73. The van der Waals surface area contributed by atoms with E-state index in [-0.39, 0.29) is 11.8 Å². The molecule has 0 aromatic heterocycles. The maximum Gasteiger partial charge on any atom is 0.254 e. The van der Waals surface area contributed by atoms with Gasteiger partial charge < -0.3 is 20.1 Å². The number of anilines is 1. The third-order valence-electron chi connectivity index (χ3n) is 5.57. The third kappa shape index (κ3) is 3.36. The number of carbonyl (C=O) groups excluding carboxylic acids is 2. The van der Waals surface area contributed by atoms with Crippen LogP contribution < -0.4 is 10.1 Å². The van der Waals surface area contributed by atoms with Gasteiger partial charge in [0, 0.05) is 43.1 Å². The largest absolute Gasteiger partial charge is 0.485 e. The Morgan fingerprint density at radius 2 is 2.04 bits per heavy atom. The average Bonchev–Trinajstić information content (AvgIpc) is 3.05. The predicted octanol–water partition coefficient (Wildman–Crippen LogP) is 3.05. The number of aryl methyl sites for hydroxylation is 1. The first kappa shape index (κ1) is 18.5. The zero-order chi connectivity index (χ0) is 19.9. The average molecular weight is 380 g/mol. The topological polar surface area (TPSA) is 78.9 Å². The number of benzene rings is 2. The van der Waals surface area contributed by atoms with Crippen molar-refractivity contribution in [3.05, 3.63) is 59.2 Å². The summed E-state index contributed by atoms with van der Waals surface area (Å²) >= 11 is 0. The summed E-state index contributed by atoms with van der Waals surface area (Å²) in [4.78, 5) is 26.2. The van der Waals surface area contributed by atoms with E-state index < -0.39 is 11.7 Å². The van der Waals surface area contributed by atoms with Crippen LogP contribution in [0.4, 0.5) is 5.69 Å². The van der Waals surface area contributed by atoms with Gasteiger partial charge in [0.2, 0.25) is 5.91 Å². The maximum absolute atomic E-state index is 13.0. The van der Waals surface area contributed by atoms with E-state index in [0.717, 1.165) is 11.1 Å². The highest BCUT2D eigenvalue weighted by atomic mass is 16.5. The Morgan fingerprint density at radius 3 is 2.82 bits per heavy atom. The van der Waals surface area contributed by atoms with Crippen molar-refractivity contribution in [2.45, 2.75) is 38.4 Å². The lowest BCUT2D eigenvalue weighted by Crippen LogP contribution is -2.44. The number of aliphatic hydroxyl groups excluding tert-OH is 1. The molecule has 0 aliphatic carbocycles. The minimum absolute atomic E-state index is 0.0968. The highest BCUT2D eigenvalue weighted by molar-refractivity contribution is 5.97. The van der Waals surface area contributed by atoms with Gasteiger partial charge in [-0.05, 0) is 30.7 Å². The molecule has 2 aromatic rings. The number of nitrogens with one attached hydrogen (secondary N) is 1. The van der Waals surface area contributed by atoms with Crippen LogP contribution in [0.5, 0.6) is 5.75 Å². The van der Waals surface area contributed by atoms with E-state index in [9.17, 15) is 14.7 Å². The lowest BCUT2D eigenvalue weighted by molar-refractivity contribution is -0.114. The third-order valence-corrected chi connectivity index (χ3v) is 5.57. The number of nitrogens with zero attached hydrogens (tertiary/aromatic N) is 1. The summed E-state index contributed by atoms with van der Waals surface area (Å²) in [6.45, 7) is 4.33. The maximum atomic E-state index is 13.0. The van der Waals surface area contributed by atoms with Gasteiger partial charge >= 0.3 is 0 Å². The first-order valence-corrected chi connectivity index (χ1v) is 9.50. The highest BCUT2D eigenvalue weighted by Crippen LogP contribution is 2.43. The molecule has 0 radical (unpaired) electrons. The molecule has 2 aliphatic heterocycles. The molecule has 2 amide bonds. The number of hydrogen-bond donors (Lipinski definition) is 2. The zero-order valence-corrected chi connectivity index (χ0v) is 16.1. The molecule has 146 valence electrons. The van der Waals surface area contributed by atoms with Crippen LogP contribution in [-0.2, 0) is 4.79 Å². The summed E-state index contributed by atoms with van der Waals surface area (Å²) in [6, 6.07) is 12.8. The Morgan fingerprint density at radius 1 is 1.25 bits per heavy atom. The molecule has 2 N–H and O–H groups in total.